The molecule has 0 unspecified atom stereocenters. The summed E-state index contributed by atoms with van der Waals surface area (Å²) in [5, 5.41) is 8.80. The Morgan fingerprint density at radius 1 is 1.25 bits per heavy atom. The van der Waals surface area contributed by atoms with Crippen LogP contribution in [0.25, 0.3) is 0 Å². The highest BCUT2D eigenvalue weighted by molar-refractivity contribution is 7.99. The molecule has 0 spiro atoms. The van der Waals surface area contributed by atoms with Gasteiger partial charge < -0.3 is 10.0 Å². The van der Waals surface area contributed by atoms with Gasteiger partial charge in [-0.1, -0.05) is 30.3 Å². The van der Waals surface area contributed by atoms with Gasteiger partial charge in [0.1, 0.15) is 6.54 Å². The SMILES string of the molecule is CC(C)N(CC(=O)O)C(=O)CSCCc1ccccc1. The molecule has 0 aliphatic heterocycles. The van der Waals surface area contributed by atoms with Crippen molar-refractivity contribution >= 4 is 23.6 Å². The van der Waals surface area contributed by atoms with Gasteiger partial charge in [0.25, 0.3) is 0 Å². The van der Waals surface area contributed by atoms with Gasteiger partial charge in [-0.25, -0.2) is 0 Å². The number of nitrogens with zero attached hydrogens (tertiary/aromatic N) is 1. The lowest BCUT2D eigenvalue weighted by Crippen LogP contribution is -2.41. The number of rotatable bonds is 8. The van der Waals surface area contributed by atoms with Crippen LogP contribution in [0, 0.1) is 0 Å². The highest BCUT2D eigenvalue weighted by Gasteiger charge is 2.19. The van der Waals surface area contributed by atoms with Crippen molar-refractivity contribution in [1.82, 2.24) is 4.90 Å². The van der Waals surface area contributed by atoms with E-state index < -0.39 is 5.97 Å². The molecule has 1 aromatic rings. The van der Waals surface area contributed by atoms with Crippen LogP contribution in [0.15, 0.2) is 30.3 Å². The van der Waals surface area contributed by atoms with E-state index >= 15 is 0 Å². The fourth-order valence-electron chi connectivity index (χ4n) is 1.78. The highest BCUT2D eigenvalue weighted by atomic mass is 32.2. The number of carbonyl (C=O) groups is 2. The Morgan fingerprint density at radius 2 is 1.90 bits per heavy atom. The first kappa shape index (κ1) is 16.6. The number of hydrogen-bond donors (Lipinski definition) is 1. The summed E-state index contributed by atoms with van der Waals surface area (Å²) >= 11 is 1.54. The summed E-state index contributed by atoms with van der Waals surface area (Å²) in [6.07, 6.45) is 0.916. The number of aryl methyl sites for hydroxylation is 1. The molecule has 5 heteroatoms. The first-order valence-corrected chi connectivity index (χ1v) is 7.79. The quantitative estimate of drug-likeness (QED) is 0.748. The number of amides is 1. The second kappa shape index (κ2) is 8.64. The van der Waals surface area contributed by atoms with Crippen molar-refractivity contribution in [3.8, 4) is 0 Å². The minimum Gasteiger partial charge on any atom is -0.480 e. The Labute approximate surface area is 124 Å². The van der Waals surface area contributed by atoms with Gasteiger partial charge in [0.2, 0.25) is 5.91 Å². The third-order valence-electron chi connectivity index (χ3n) is 2.85. The molecule has 20 heavy (non-hydrogen) atoms. The van der Waals surface area contributed by atoms with Crippen LogP contribution in [0.5, 0.6) is 0 Å². The number of carbonyl (C=O) groups excluding carboxylic acids is 1. The molecule has 0 aliphatic rings. The van der Waals surface area contributed by atoms with E-state index in [-0.39, 0.29) is 18.5 Å². The molecule has 1 amide bonds. The van der Waals surface area contributed by atoms with E-state index in [0.29, 0.717) is 5.75 Å². The van der Waals surface area contributed by atoms with Gasteiger partial charge in [0.15, 0.2) is 0 Å². The van der Waals surface area contributed by atoms with Gasteiger partial charge in [0.05, 0.1) is 5.75 Å². The molecule has 1 aromatic carbocycles. The Morgan fingerprint density at radius 3 is 2.45 bits per heavy atom. The van der Waals surface area contributed by atoms with Gasteiger partial charge in [-0.2, -0.15) is 11.8 Å². The lowest BCUT2D eigenvalue weighted by Gasteiger charge is -2.24. The Bertz CT molecular complexity index is 434. The van der Waals surface area contributed by atoms with Crippen molar-refractivity contribution < 1.29 is 14.7 Å². The number of aliphatic carboxylic acids is 1. The zero-order valence-electron chi connectivity index (χ0n) is 11.9. The van der Waals surface area contributed by atoms with Crippen LogP contribution in [-0.4, -0.2) is 46.0 Å². The van der Waals surface area contributed by atoms with Crippen molar-refractivity contribution in [2.75, 3.05) is 18.1 Å². The van der Waals surface area contributed by atoms with E-state index in [1.54, 1.807) is 11.8 Å². The lowest BCUT2D eigenvalue weighted by atomic mass is 10.2. The van der Waals surface area contributed by atoms with Crippen LogP contribution in [0.4, 0.5) is 0 Å². The van der Waals surface area contributed by atoms with Gasteiger partial charge in [-0.3, -0.25) is 9.59 Å². The molecular formula is C15H21NO3S. The first-order valence-electron chi connectivity index (χ1n) is 6.63. The monoisotopic (exact) mass is 295 g/mol. The summed E-state index contributed by atoms with van der Waals surface area (Å²) in [7, 11) is 0. The van der Waals surface area contributed by atoms with E-state index in [0.717, 1.165) is 12.2 Å². The van der Waals surface area contributed by atoms with Crippen LogP contribution in [0.1, 0.15) is 19.4 Å². The Balaban J connectivity index is 2.32. The molecule has 0 saturated heterocycles. The number of hydrogen-bond acceptors (Lipinski definition) is 3. The molecule has 0 fully saturated rings. The summed E-state index contributed by atoms with van der Waals surface area (Å²) in [5.74, 6) is 0.106. The highest BCUT2D eigenvalue weighted by Crippen LogP contribution is 2.09. The topological polar surface area (TPSA) is 57.6 Å². The molecule has 0 atom stereocenters. The number of carboxylic acid groups (broad SMARTS) is 1. The fraction of sp³-hybridized carbons (Fsp3) is 0.467. The molecular weight excluding hydrogens is 274 g/mol. The average molecular weight is 295 g/mol. The second-order valence-corrected chi connectivity index (χ2v) is 5.90. The molecule has 0 radical (unpaired) electrons. The smallest absolute Gasteiger partial charge is 0.323 e. The van der Waals surface area contributed by atoms with Crippen LogP contribution >= 0.6 is 11.8 Å². The van der Waals surface area contributed by atoms with Gasteiger partial charge in [-0.15, -0.1) is 0 Å². The third kappa shape index (κ3) is 6.10. The predicted molar refractivity (Wildman–Crippen MR) is 82.0 cm³/mol. The molecule has 1 rings (SSSR count). The zero-order chi connectivity index (χ0) is 15.0. The average Bonchev–Trinajstić information content (AvgIpc) is 2.41. The zero-order valence-corrected chi connectivity index (χ0v) is 12.7. The van der Waals surface area contributed by atoms with Crippen molar-refractivity contribution in [3.05, 3.63) is 35.9 Å². The molecule has 1 N–H and O–H groups in total. The fourth-order valence-corrected chi connectivity index (χ4v) is 2.65. The molecule has 0 aromatic heterocycles. The first-order chi connectivity index (χ1) is 9.50. The Hall–Kier alpha value is -1.49. The molecule has 110 valence electrons. The van der Waals surface area contributed by atoms with E-state index in [4.69, 9.17) is 5.11 Å². The second-order valence-electron chi connectivity index (χ2n) is 4.80. The number of benzene rings is 1. The maximum atomic E-state index is 12.0. The summed E-state index contributed by atoms with van der Waals surface area (Å²) in [5.41, 5.74) is 1.25. The largest absolute Gasteiger partial charge is 0.480 e. The maximum Gasteiger partial charge on any atom is 0.323 e. The summed E-state index contributed by atoms with van der Waals surface area (Å²) in [6.45, 7) is 3.43. The van der Waals surface area contributed by atoms with Crippen molar-refractivity contribution in [3.63, 3.8) is 0 Å². The third-order valence-corrected chi connectivity index (χ3v) is 3.80. The van der Waals surface area contributed by atoms with Crippen molar-refractivity contribution in [1.29, 1.82) is 0 Å². The van der Waals surface area contributed by atoms with E-state index in [2.05, 4.69) is 12.1 Å². The van der Waals surface area contributed by atoms with Crippen LogP contribution in [-0.2, 0) is 16.0 Å². The predicted octanol–water partition coefficient (Wildman–Crippen LogP) is 2.28. The van der Waals surface area contributed by atoms with Crippen LogP contribution in [0.2, 0.25) is 0 Å². The molecule has 0 saturated carbocycles. The van der Waals surface area contributed by atoms with E-state index in [9.17, 15) is 9.59 Å². The van der Waals surface area contributed by atoms with Crippen molar-refractivity contribution in [2.24, 2.45) is 0 Å². The molecule has 0 aliphatic carbocycles. The molecule has 0 heterocycles. The van der Waals surface area contributed by atoms with E-state index in [1.807, 2.05) is 32.0 Å². The summed E-state index contributed by atoms with van der Waals surface area (Å²) in [4.78, 5) is 24.1. The minimum atomic E-state index is -0.971. The van der Waals surface area contributed by atoms with Crippen molar-refractivity contribution in [2.45, 2.75) is 26.3 Å². The Kier molecular flexibility index (Phi) is 7.15. The molecule has 4 nitrogen and oxygen atoms in total. The van der Waals surface area contributed by atoms with Gasteiger partial charge in [0, 0.05) is 6.04 Å². The minimum absolute atomic E-state index is 0.0895. The number of carboxylic acids is 1. The maximum absolute atomic E-state index is 12.0. The van der Waals surface area contributed by atoms with Gasteiger partial charge >= 0.3 is 5.97 Å². The molecule has 0 bridgehead atoms. The normalized spacial score (nSPS) is 10.6. The van der Waals surface area contributed by atoms with Crippen LogP contribution < -0.4 is 0 Å². The van der Waals surface area contributed by atoms with Gasteiger partial charge in [-0.05, 0) is 31.6 Å². The standard InChI is InChI=1S/C15H21NO3S/c1-12(2)16(10-15(18)19)14(17)11-20-9-8-13-6-4-3-5-7-13/h3-7,12H,8-11H2,1-2H3,(H,18,19). The summed E-state index contributed by atoms with van der Waals surface area (Å²) < 4.78 is 0. The number of thioether (sulfide) groups is 1. The lowest BCUT2D eigenvalue weighted by molar-refractivity contribution is -0.144. The summed E-state index contributed by atoms with van der Waals surface area (Å²) in [6, 6.07) is 10.0. The van der Waals surface area contributed by atoms with Crippen LogP contribution in [0.3, 0.4) is 0 Å². The van der Waals surface area contributed by atoms with E-state index in [1.165, 1.54) is 10.5 Å².